The first-order valence-electron chi connectivity index (χ1n) is 11.5. The van der Waals surface area contributed by atoms with Crippen molar-refractivity contribution in [3.05, 3.63) is 78.6 Å². The third kappa shape index (κ3) is 4.55. The van der Waals surface area contributed by atoms with Crippen molar-refractivity contribution in [3.63, 3.8) is 0 Å². The maximum Gasteiger partial charge on any atom is 0.138 e. The van der Waals surface area contributed by atoms with E-state index in [-0.39, 0.29) is 5.41 Å². The zero-order chi connectivity index (χ0) is 22.8. The molecule has 1 fully saturated rings. The van der Waals surface area contributed by atoms with Crippen molar-refractivity contribution in [2.45, 2.75) is 26.2 Å². The normalized spacial score (nSPS) is 14.5. The number of rotatable bonds is 4. The third-order valence-corrected chi connectivity index (χ3v) is 6.20. The molecule has 0 spiro atoms. The minimum absolute atomic E-state index is 0.135. The van der Waals surface area contributed by atoms with Gasteiger partial charge in [-0.25, -0.2) is 9.97 Å². The molecule has 2 aromatic heterocycles. The zero-order valence-electron chi connectivity index (χ0n) is 19.5. The molecule has 33 heavy (non-hydrogen) atoms. The quantitative estimate of drug-likeness (QED) is 0.413. The van der Waals surface area contributed by atoms with Gasteiger partial charge in [0.25, 0.3) is 0 Å². The molecule has 1 aliphatic rings. The Bertz CT molecular complexity index is 1260. The highest BCUT2D eigenvalue weighted by Gasteiger charge is 2.16. The van der Waals surface area contributed by atoms with Crippen LogP contribution in [0.2, 0.25) is 0 Å². The lowest BCUT2D eigenvalue weighted by Crippen LogP contribution is -2.36. The summed E-state index contributed by atoms with van der Waals surface area (Å²) in [6, 6.07) is 21.3. The van der Waals surface area contributed by atoms with Crippen LogP contribution in [0.5, 0.6) is 0 Å². The number of benzene rings is 2. The first-order chi connectivity index (χ1) is 16.0. The minimum atomic E-state index is 0.135. The monoisotopic (exact) mass is 438 g/mol. The molecule has 5 heteroatoms. The molecule has 5 nitrogen and oxygen atoms in total. The van der Waals surface area contributed by atoms with Gasteiger partial charge in [0.1, 0.15) is 11.6 Å². The Hall–Kier alpha value is -3.44. The number of nitrogens with one attached hydrogen (secondary N) is 1. The van der Waals surface area contributed by atoms with E-state index in [4.69, 9.17) is 9.72 Å². The van der Waals surface area contributed by atoms with Crippen LogP contribution in [-0.2, 0) is 10.2 Å². The van der Waals surface area contributed by atoms with Crippen molar-refractivity contribution < 1.29 is 4.74 Å². The summed E-state index contributed by atoms with van der Waals surface area (Å²) in [6.45, 7) is 9.91. The summed E-state index contributed by atoms with van der Waals surface area (Å²) < 4.78 is 5.49. The highest BCUT2D eigenvalue weighted by Crippen LogP contribution is 2.34. The molecular weight excluding hydrogens is 408 g/mol. The minimum Gasteiger partial charge on any atom is -0.378 e. The summed E-state index contributed by atoms with van der Waals surface area (Å²) in [6.07, 6.45) is 3.85. The number of aromatic nitrogens is 2. The van der Waals surface area contributed by atoms with Crippen LogP contribution in [0.3, 0.4) is 0 Å². The Balaban J connectivity index is 1.49. The van der Waals surface area contributed by atoms with E-state index >= 15 is 0 Å². The highest BCUT2D eigenvalue weighted by atomic mass is 16.5. The van der Waals surface area contributed by atoms with Crippen LogP contribution in [0.4, 0.5) is 17.3 Å². The van der Waals surface area contributed by atoms with Crippen molar-refractivity contribution in [1.29, 1.82) is 0 Å². The van der Waals surface area contributed by atoms with Crippen molar-refractivity contribution in [2.75, 3.05) is 36.5 Å². The largest absolute Gasteiger partial charge is 0.378 e. The molecule has 1 saturated heterocycles. The average Bonchev–Trinajstić information content (AvgIpc) is 2.85. The number of anilines is 3. The van der Waals surface area contributed by atoms with E-state index in [2.05, 4.69) is 96.6 Å². The van der Waals surface area contributed by atoms with Crippen LogP contribution >= 0.6 is 0 Å². The van der Waals surface area contributed by atoms with Gasteiger partial charge in [0.05, 0.1) is 13.2 Å². The number of hydrogen-bond donors (Lipinski definition) is 1. The van der Waals surface area contributed by atoms with Crippen molar-refractivity contribution >= 4 is 28.1 Å². The molecule has 1 aliphatic heterocycles. The molecule has 0 unspecified atom stereocenters. The van der Waals surface area contributed by atoms with Crippen molar-refractivity contribution in [1.82, 2.24) is 9.97 Å². The summed E-state index contributed by atoms with van der Waals surface area (Å²) in [7, 11) is 0. The highest BCUT2D eigenvalue weighted by molar-refractivity contribution is 6.02. The van der Waals surface area contributed by atoms with Crippen LogP contribution in [0.15, 0.2) is 73.1 Å². The van der Waals surface area contributed by atoms with Gasteiger partial charge in [0, 0.05) is 42.1 Å². The SMILES string of the molecule is CC(C)(C)c1ccc(Nc2ncc(-c3ccnc(N4CCOCC4)c3)c3ccccc23)cc1. The topological polar surface area (TPSA) is 50.3 Å². The fraction of sp³-hybridized carbons (Fsp3) is 0.286. The second-order valence-electron chi connectivity index (χ2n) is 9.52. The van der Waals surface area contributed by atoms with Crippen molar-refractivity contribution in [2.24, 2.45) is 0 Å². The predicted molar refractivity (Wildman–Crippen MR) is 136 cm³/mol. The van der Waals surface area contributed by atoms with Crippen LogP contribution in [0, 0.1) is 0 Å². The fourth-order valence-corrected chi connectivity index (χ4v) is 4.26. The molecule has 0 radical (unpaired) electrons. The second kappa shape index (κ2) is 8.83. The molecule has 5 rings (SSSR count). The van der Waals surface area contributed by atoms with Crippen LogP contribution in [-0.4, -0.2) is 36.3 Å². The molecule has 0 amide bonds. The molecule has 3 heterocycles. The van der Waals surface area contributed by atoms with Gasteiger partial charge in [-0.3, -0.25) is 0 Å². The summed E-state index contributed by atoms with van der Waals surface area (Å²) in [5, 5.41) is 5.79. The van der Waals surface area contributed by atoms with Gasteiger partial charge in [-0.1, -0.05) is 57.2 Å². The van der Waals surface area contributed by atoms with Gasteiger partial charge in [0.15, 0.2) is 0 Å². The molecule has 0 bridgehead atoms. The van der Waals surface area contributed by atoms with Crippen LogP contribution < -0.4 is 10.2 Å². The van der Waals surface area contributed by atoms with Gasteiger partial charge in [-0.15, -0.1) is 0 Å². The standard InChI is InChI=1S/C28H30N4O/c1-28(2,3)21-8-10-22(11-9-21)31-27-24-7-5-4-6-23(24)25(19-30-27)20-12-13-29-26(18-20)32-14-16-33-17-15-32/h4-13,18-19H,14-17H2,1-3H3,(H,30,31). The fourth-order valence-electron chi connectivity index (χ4n) is 4.26. The second-order valence-corrected chi connectivity index (χ2v) is 9.52. The third-order valence-electron chi connectivity index (χ3n) is 6.20. The van der Waals surface area contributed by atoms with E-state index in [9.17, 15) is 0 Å². The summed E-state index contributed by atoms with van der Waals surface area (Å²) >= 11 is 0. The predicted octanol–water partition coefficient (Wildman–Crippen LogP) is 6.17. The van der Waals surface area contributed by atoms with Gasteiger partial charge in [0.2, 0.25) is 0 Å². The smallest absolute Gasteiger partial charge is 0.138 e. The first kappa shape index (κ1) is 21.4. The maximum atomic E-state index is 5.49. The van der Waals surface area contributed by atoms with Gasteiger partial charge >= 0.3 is 0 Å². The first-order valence-corrected chi connectivity index (χ1v) is 11.5. The Kier molecular flexibility index (Phi) is 5.73. The Morgan fingerprint density at radius 3 is 2.33 bits per heavy atom. The number of pyridine rings is 2. The zero-order valence-corrected chi connectivity index (χ0v) is 19.5. The van der Waals surface area contributed by atoms with E-state index < -0.39 is 0 Å². The molecule has 4 aromatic rings. The van der Waals surface area contributed by atoms with E-state index in [1.165, 1.54) is 10.9 Å². The van der Waals surface area contributed by atoms with Crippen molar-refractivity contribution in [3.8, 4) is 11.1 Å². The lowest BCUT2D eigenvalue weighted by Gasteiger charge is -2.28. The molecule has 1 N–H and O–H groups in total. The number of fused-ring (bicyclic) bond motifs is 1. The van der Waals surface area contributed by atoms with Crippen LogP contribution in [0.1, 0.15) is 26.3 Å². The van der Waals surface area contributed by atoms with E-state index in [0.29, 0.717) is 0 Å². The molecule has 0 atom stereocenters. The molecular formula is C28H30N4O. The summed E-state index contributed by atoms with van der Waals surface area (Å²) in [5.74, 6) is 1.85. The average molecular weight is 439 g/mol. The number of hydrogen-bond acceptors (Lipinski definition) is 5. The van der Waals surface area contributed by atoms with E-state index in [1.54, 1.807) is 0 Å². The molecule has 2 aromatic carbocycles. The Labute approximate surface area is 195 Å². The van der Waals surface area contributed by atoms with Gasteiger partial charge in [-0.05, 0) is 46.2 Å². The Morgan fingerprint density at radius 1 is 0.879 bits per heavy atom. The number of nitrogens with zero attached hydrogens (tertiary/aromatic N) is 3. The Morgan fingerprint density at radius 2 is 1.61 bits per heavy atom. The molecule has 168 valence electrons. The summed E-state index contributed by atoms with van der Waals surface area (Å²) in [4.78, 5) is 11.7. The molecule has 0 saturated carbocycles. The lowest BCUT2D eigenvalue weighted by atomic mass is 9.87. The maximum absolute atomic E-state index is 5.49. The van der Waals surface area contributed by atoms with Gasteiger partial charge in [-0.2, -0.15) is 0 Å². The summed E-state index contributed by atoms with van der Waals surface area (Å²) in [5.41, 5.74) is 4.71. The number of ether oxygens (including phenoxy) is 1. The number of morpholine rings is 1. The molecule has 0 aliphatic carbocycles. The lowest BCUT2D eigenvalue weighted by molar-refractivity contribution is 0.122. The van der Waals surface area contributed by atoms with E-state index in [0.717, 1.165) is 60.1 Å². The van der Waals surface area contributed by atoms with E-state index in [1.807, 2.05) is 12.4 Å². The van der Waals surface area contributed by atoms with Crippen LogP contribution in [0.25, 0.3) is 21.9 Å². The van der Waals surface area contributed by atoms with Gasteiger partial charge < -0.3 is 15.0 Å².